The molecule has 0 bridgehead atoms. The fourth-order valence-electron chi connectivity index (χ4n) is 1.60. The average Bonchev–Trinajstić information content (AvgIpc) is 2.68. The molecule has 1 rings (SSSR count). The van der Waals surface area contributed by atoms with Gasteiger partial charge in [-0.2, -0.15) is 0 Å². The van der Waals surface area contributed by atoms with E-state index < -0.39 is 21.8 Å². The monoisotopic (exact) mass is 289 g/mol. The average molecular weight is 289 g/mol. The molecule has 0 aromatic carbocycles. The number of carbonyl (C=O) groups excluding carboxylic acids is 1. The predicted octanol–water partition coefficient (Wildman–Crippen LogP) is 0.439. The summed E-state index contributed by atoms with van der Waals surface area (Å²) in [6, 6.07) is 0.304. The van der Waals surface area contributed by atoms with E-state index in [-0.39, 0.29) is 18.1 Å². The van der Waals surface area contributed by atoms with Gasteiger partial charge in [-0.15, -0.1) is 0 Å². The number of aliphatic carboxylic acids is 1. The number of nitrogens with zero attached hydrogens (tertiary/aromatic N) is 1. The molecule has 1 aromatic heterocycles. The van der Waals surface area contributed by atoms with Gasteiger partial charge in [-0.05, 0) is 19.4 Å². The molecule has 106 valence electrons. The number of carboxylic acids is 1. The minimum Gasteiger partial charge on any atom is -0.480 e. The van der Waals surface area contributed by atoms with Gasteiger partial charge in [0.15, 0.2) is 0 Å². The lowest BCUT2D eigenvalue weighted by molar-refractivity contribution is -0.139. The number of rotatable bonds is 7. The standard InChI is InChI=1S/C11H15NO6S/c1-8-3-5-18-10(8)12(7-13)9(11(14)15)4-6-19(2,16)17/h3,5,7,9H,4,6H2,1-2H3,(H,14,15). The zero-order chi connectivity index (χ0) is 14.6. The number of aryl methyl sites for hydroxylation is 1. The molecular weight excluding hydrogens is 274 g/mol. The lowest BCUT2D eigenvalue weighted by Gasteiger charge is -2.23. The molecule has 0 fully saturated rings. The zero-order valence-electron chi connectivity index (χ0n) is 10.6. The van der Waals surface area contributed by atoms with E-state index in [2.05, 4.69) is 0 Å². The van der Waals surface area contributed by atoms with Crippen molar-refractivity contribution >= 4 is 28.1 Å². The van der Waals surface area contributed by atoms with Crippen molar-refractivity contribution in [3.63, 3.8) is 0 Å². The summed E-state index contributed by atoms with van der Waals surface area (Å²) in [5.74, 6) is -1.50. The Morgan fingerprint density at radius 2 is 2.21 bits per heavy atom. The number of hydrogen-bond acceptors (Lipinski definition) is 5. The SMILES string of the molecule is Cc1ccoc1N(C=O)C(CCS(C)(=O)=O)C(=O)O. The van der Waals surface area contributed by atoms with Gasteiger partial charge in [0.25, 0.3) is 0 Å². The molecule has 1 N–H and O–H groups in total. The summed E-state index contributed by atoms with van der Waals surface area (Å²) >= 11 is 0. The van der Waals surface area contributed by atoms with Gasteiger partial charge in [0.1, 0.15) is 15.9 Å². The summed E-state index contributed by atoms with van der Waals surface area (Å²) in [6.45, 7) is 1.66. The lowest BCUT2D eigenvalue weighted by atomic mass is 10.2. The van der Waals surface area contributed by atoms with Gasteiger partial charge < -0.3 is 9.52 Å². The van der Waals surface area contributed by atoms with Crippen molar-refractivity contribution in [2.45, 2.75) is 19.4 Å². The Bertz CT molecular complexity index is 561. The van der Waals surface area contributed by atoms with E-state index in [1.54, 1.807) is 13.0 Å². The number of amides is 1. The van der Waals surface area contributed by atoms with Crippen molar-refractivity contribution < 1.29 is 27.5 Å². The molecule has 1 aromatic rings. The molecule has 0 saturated heterocycles. The van der Waals surface area contributed by atoms with Gasteiger partial charge in [0.2, 0.25) is 12.3 Å². The lowest BCUT2D eigenvalue weighted by Crippen LogP contribution is -2.41. The van der Waals surface area contributed by atoms with E-state index in [1.807, 2.05) is 0 Å². The first-order valence-electron chi connectivity index (χ1n) is 5.44. The first kappa shape index (κ1) is 15.2. The molecule has 0 spiro atoms. The Morgan fingerprint density at radius 3 is 2.58 bits per heavy atom. The fraction of sp³-hybridized carbons (Fsp3) is 0.455. The van der Waals surface area contributed by atoms with E-state index in [0.29, 0.717) is 12.0 Å². The van der Waals surface area contributed by atoms with Crippen LogP contribution in [0.1, 0.15) is 12.0 Å². The van der Waals surface area contributed by atoms with Gasteiger partial charge in [-0.3, -0.25) is 9.69 Å². The van der Waals surface area contributed by atoms with E-state index in [0.717, 1.165) is 11.2 Å². The highest BCUT2D eigenvalue weighted by Gasteiger charge is 2.29. The molecule has 0 radical (unpaired) electrons. The van der Waals surface area contributed by atoms with Crippen LogP contribution in [0, 0.1) is 6.92 Å². The van der Waals surface area contributed by atoms with Crippen LogP contribution < -0.4 is 4.90 Å². The predicted molar refractivity (Wildman–Crippen MR) is 67.7 cm³/mol. The highest BCUT2D eigenvalue weighted by Crippen LogP contribution is 2.23. The smallest absolute Gasteiger partial charge is 0.326 e. The minimum atomic E-state index is -3.31. The van der Waals surface area contributed by atoms with E-state index in [4.69, 9.17) is 9.52 Å². The van der Waals surface area contributed by atoms with Gasteiger partial charge in [-0.25, -0.2) is 13.2 Å². The van der Waals surface area contributed by atoms with E-state index >= 15 is 0 Å². The maximum atomic E-state index is 11.2. The molecule has 1 amide bonds. The topological polar surface area (TPSA) is 105 Å². The number of anilines is 1. The number of carboxylic acid groups (broad SMARTS) is 1. The summed E-state index contributed by atoms with van der Waals surface area (Å²) in [6.07, 6.45) is 2.46. The Labute approximate surface area is 110 Å². The molecule has 1 unspecified atom stereocenters. The maximum Gasteiger partial charge on any atom is 0.326 e. The van der Waals surface area contributed by atoms with Gasteiger partial charge in [-0.1, -0.05) is 0 Å². The quantitative estimate of drug-likeness (QED) is 0.730. The van der Waals surface area contributed by atoms with Crippen LogP contribution in [0.15, 0.2) is 16.7 Å². The molecule has 7 nitrogen and oxygen atoms in total. The van der Waals surface area contributed by atoms with Crippen LogP contribution in [-0.2, 0) is 19.4 Å². The van der Waals surface area contributed by atoms with Crippen LogP contribution in [0.5, 0.6) is 0 Å². The summed E-state index contributed by atoms with van der Waals surface area (Å²) in [4.78, 5) is 23.2. The molecular formula is C11H15NO6S. The van der Waals surface area contributed by atoms with Crippen LogP contribution >= 0.6 is 0 Å². The first-order chi connectivity index (χ1) is 8.76. The number of hydrogen-bond donors (Lipinski definition) is 1. The van der Waals surface area contributed by atoms with Crippen molar-refractivity contribution in [2.24, 2.45) is 0 Å². The van der Waals surface area contributed by atoms with Crippen molar-refractivity contribution in [1.82, 2.24) is 0 Å². The largest absolute Gasteiger partial charge is 0.480 e. The first-order valence-corrected chi connectivity index (χ1v) is 7.50. The van der Waals surface area contributed by atoms with Crippen LogP contribution in [0.2, 0.25) is 0 Å². The van der Waals surface area contributed by atoms with Crippen molar-refractivity contribution in [1.29, 1.82) is 0 Å². The van der Waals surface area contributed by atoms with Crippen LogP contribution in [0.3, 0.4) is 0 Å². The normalized spacial score (nSPS) is 12.9. The Kier molecular flexibility index (Phi) is 4.71. The third kappa shape index (κ3) is 4.09. The van der Waals surface area contributed by atoms with E-state index in [1.165, 1.54) is 6.26 Å². The molecule has 1 atom stereocenters. The second-order valence-electron chi connectivity index (χ2n) is 4.19. The molecule has 0 aliphatic heterocycles. The molecule has 8 heteroatoms. The summed E-state index contributed by atoms with van der Waals surface area (Å²) < 4.78 is 27.3. The Balaban J connectivity index is 3.00. The third-order valence-corrected chi connectivity index (χ3v) is 3.54. The molecule has 0 aliphatic carbocycles. The molecule has 0 aliphatic rings. The minimum absolute atomic E-state index is 0.107. The fourth-order valence-corrected chi connectivity index (χ4v) is 2.25. The third-order valence-electron chi connectivity index (χ3n) is 2.57. The second-order valence-corrected chi connectivity index (χ2v) is 6.45. The van der Waals surface area contributed by atoms with E-state index in [9.17, 15) is 18.0 Å². The number of furan rings is 1. The molecule has 19 heavy (non-hydrogen) atoms. The maximum absolute atomic E-state index is 11.2. The van der Waals surface area contributed by atoms with Crippen LogP contribution in [0.25, 0.3) is 0 Å². The Morgan fingerprint density at radius 1 is 1.58 bits per heavy atom. The van der Waals surface area contributed by atoms with Crippen molar-refractivity contribution in [2.75, 3.05) is 16.9 Å². The van der Waals surface area contributed by atoms with Crippen LogP contribution in [-0.4, -0.2) is 44.0 Å². The van der Waals surface area contributed by atoms with Gasteiger partial charge >= 0.3 is 5.97 Å². The highest BCUT2D eigenvalue weighted by molar-refractivity contribution is 7.90. The Hall–Kier alpha value is -1.83. The van der Waals surface area contributed by atoms with Crippen molar-refractivity contribution in [3.05, 3.63) is 17.9 Å². The van der Waals surface area contributed by atoms with Gasteiger partial charge in [0, 0.05) is 11.8 Å². The number of carbonyl (C=O) groups is 2. The summed E-state index contributed by atoms with van der Waals surface area (Å²) in [5.41, 5.74) is 0.595. The highest BCUT2D eigenvalue weighted by atomic mass is 32.2. The van der Waals surface area contributed by atoms with Crippen LogP contribution in [0.4, 0.5) is 5.88 Å². The number of sulfone groups is 1. The van der Waals surface area contributed by atoms with Crippen molar-refractivity contribution in [3.8, 4) is 0 Å². The molecule has 1 heterocycles. The molecule has 0 saturated carbocycles. The van der Waals surface area contributed by atoms with Gasteiger partial charge in [0.05, 0.1) is 12.0 Å². The zero-order valence-corrected chi connectivity index (χ0v) is 11.4. The summed E-state index contributed by atoms with van der Waals surface area (Å²) in [5, 5.41) is 9.12. The second kappa shape index (κ2) is 5.87. The summed E-state index contributed by atoms with van der Waals surface area (Å²) in [7, 11) is -3.31.